The van der Waals surface area contributed by atoms with Gasteiger partial charge in [-0.25, -0.2) is 0 Å². The van der Waals surface area contributed by atoms with E-state index >= 15 is 0 Å². The third-order valence-corrected chi connectivity index (χ3v) is 4.84. The van der Waals surface area contributed by atoms with Gasteiger partial charge in [0.2, 0.25) is 11.8 Å². The summed E-state index contributed by atoms with van der Waals surface area (Å²) < 4.78 is 5.60. The predicted octanol–water partition coefficient (Wildman–Crippen LogP) is 2.43. The summed E-state index contributed by atoms with van der Waals surface area (Å²) in [5, 5.41) is 0. The topological polar surface area (TPSA) is 49.9 Å². The molecule has 0 radical (unpaired) electrons. The summed E-state index contributed by atoms with van der Waals surface area (Å²) in [5.74, 6) is 0.872. The fourth-order valence-electron chi connectivity index (χ4n) is 3.55. The van der Waals surface area contributed by atoms with Gasteiger partial charge in [0.25, 0.3) is 0 Å². The first-order valence-corrected chi connectivity index (χ1v) is 8.57. The second-order valence-electron chi connectivity index (χ2n) is 6.45. The third kappa shape index (κ3) is 3.09. The van der Waals surface area contributed by atoms with Crippen LogP contribution in [0, 0.1) is 0 Å². The average molecular weight is 336 g/mol. The van der Waals surface area contributed by atoms with Gasteiger partial charge in [-0.3, -0.25) is 9.59 Å². The number of carbonyl (C=O) groups excluding carboxylic acids is 2. The van der Waals surface area contributed by atoms with Gasteiger partial charge in [0, 0.05) is 18.9 Å². The number of rotatable bonds is 3. The predicted molar refractivity (Wildman–Crippen MR) is 94.7 cm³/mol. The van der Waals surface area contributed by atoms with Crippen LogP contribution in [0.2, 0.25) is 0 Å². The molecule has 1 fully saturated rings. The molecule has 2 heterocycles. The van der Waals surface area contributed by atoms with Gasteiger partial charge in [0.1, 0.15) is 18.9 Å². The normalized spacial score (nSPS) is 19.5. The van der Waals surface area contributed by atoms with Crippen molar-refractivity contribution in [1.29, 1.82) is 0 Å². The quantitative estimate of drug-likeness (QED) is 0.865. The number of ether oxygens (including phenoxy) is 1. The molecule has 25 heavy (non-hydrogen) atoms. The van der Waals surface area contributed by atoms with Crippen molar-refractivity contribution in [2.75, 3.05) is 31.1 Å². The molecule has 0 aromatic heterocycles. The molecule has 1 saturated heterocycles. The van der Waals surface area contributed by atoms with E-state index in [9.17, 15) is 9.59 Å². The van der Waals surface area contributed by atoms with Crippen molar-refractivity contribution >= 4 is 17.5 Å². The van der Waals surface area contributed by atoms with Crippen LogP contribution in [-0.2, 0) is 9.59 Å². The number of nitrogens with zero attached hydrogens (tertiary/aromatic N) is 2. The molecule has 0 spiro atoms. The number of para-hydroxylation sites is 2. The number of benzene rings is 2. The van der Waals surface area contributed by atoms with Crippen LogP contribution in [0.15, 0.2) is 54.6 Å². The molecule has 2 aromatic carbocycles. The molecule has 1 atom stereocenters. The van der Waals surface area contributed by atoms with E-state index < -0.39 is 0 Å². The van der Waals surface area contributed by atoms with E-state index in [1.54, 1.807) is 9.80 Å². The van der Waals surface area contributed by atoms with Gasteiger partial charge in [0.15, 0.2) is 0 Å². The molecule has 0 saturated carbocycles. The number of carbonyl (C=O) groups is 2. The van der Waals surface area contributed by atoms with Crippen LogP contribution in [0.4, 0.5) is 5.69 Å². The highest BCUT2D eigenvalue weighted by atomic mass is 16.5. The molecular weight excluding hydrogens is 316 g/mol. The Morgan fingerprint density at radius 2 is 1.84 bits per heavy atom. The average Bonchev–Trinajstić information content (AvgIpc) is 3.02. The van der Waals surface area contributed by atoms with Crippen molar-refractivity contribution in [3.63, 3.8) is 0 Å². The molecular formula is C20H20N2O3. The maximum atomic E-state index is 12.8. The molecule has 5 heteroatoms. The second-order valence-corrected chi connectivity index (χ2v) is 6.45. The summed E-state index contributed by atoms with van der Waals surface area (Å²) in [6, 6.07) is 17.5. The molecule has 5 nitrogen and oxygen atoms in total. The van der Waals surface area contributed by atoms with Crippen LogP contribution < -0.4 is 9.64 Å². The monoisotopic (exact) mass is 336 g/mol. The van der Waals surface area contributed by atoms with Gasteiger partial charge in [-0.2, -0.15) is 0 Å². The van der Waals surface area contributed by atoms with E-state index in [0.29, 0.717) is 26.1 Å². The van der Waals surface area contributed by atoms with E-state index in [0.717, 1.165) is 17.0 Å². The van der Waals surface area contributed by atoms with Gasteiger partial charge in [-0.15, -0.1) is 0 Å². The summed E-state index contributed by atoms with van der Waals surface area (Å²) in [6.07, 6.45) is 0.469. The van der Waals surface area contributed by atoms with Gasteiger partial charge in [-0.1, -0.05) is 42.5 Å². The van der Waals surface area contributed by atoms with Crippen LogP contribution in [0.25, 0.3) is 0 Å². The van der Waals surface area contributed by atoms with Crippen molar-refractivity contribution < 1.29 is 14.3 Å². The van der Waals surface area contributed by atoms with Crippen LogP contribution in [0.5, 0.6) is 5.75 Å². The number of amides is 2. The molecule has 2 aliphatic rings. The molecule has 4 rings (SSSR count). The SMILES string of the molecule is O=C1C[C@@H](c2ccccc2)CN1CC(=O)N1CCOc2ccccc21. The minimum atomic E-state index is -0.0576. The molecule has 0 N–H and O–H groups in total. The minimum Gasteiger partial charge on any atom is -0.490 e. The van der Waals surface area contributed by atoms with E-state index in [2.05, 4.69) is 0 Å². The zero-order valence-corrected chi connectivity index (χ0v) is 13.9. The molecule has 128 valence electrons. The lowest BCUT2D eigenvalue weighted by molar-refractivity contribution is -0.132. The Labute approximate surface area is 146 Å². The first-order chi connectivity index (χ1) is 12.2. The van der Waals surface area contributed by atoms with Crippen molar-refractivity contribution in [2.45, 2.75) is 12.3 Å². The minimum absolute atomic E-state index is 0.0451. The third-order valence-electron chi connectivity index (χ3n) is 4.84. The Kier molecular flexibility index (Phi) is 4.14. The number of likely N-dealkylation sites (tertiary alicyclic amines) is 1. The van der Waals surface area contributed by atoms with E-state index in [1.807, 2.05) is 54.6 Å². The molecule has 0 bridgehead atoms. The van der Waals surface area contributed by atoms with E-state index in [4.69, 9.17) is 4.74 Å². The van der Waals surface area contributed by atoms with Crippen LogP contribution in [0.1, 0.15) is 17.9 Å². The van der Waals surface area contributed by atoms with Gasteiger partial charge >= 0.3 is 0 Å². The largest absolute Gasteiger partial charge is 0.490 e. The standard InChI is InChI=1S/C20H20N2O3/c23-19-12-16(15-6-2-1-3-7-15)13-21(19)14-20(24)22-10-11-25-18-9-5-4-8-17(18)22/h1-9,16H,10-14H2/t16-/m1/s1. The number of hydrogen-bond donors (Lipinski definition) is 0. The highest BCUT2D eigenvalue weighted by Gasteiger charge is 2.33. The van der Waals surface area contributed by atoms with Crippen LogP contribution in [0.3, 0.4) is 0 Å². The highest BCUT2D eigenvalue weighted by molar-refractivity contribution is 5.98. The number of anilines is 1. The van der Waals surface area contributed by atoms with Crippen molar-refractivity contribution in [2.24, 2.45) is 0 Å². The molecule has 0 unspecified atom stereocenters. The molecule has 2 aromatic rings. The zero-order chi connectivity index (χ0) is 17.2. The van der Waals surface area contributed by atoms with Crippen molar-refractivity contribution in [3.05, 3.63) is 60.2 Å². The summed E-state index contributed by atoms with van der Waals surface area (Å²) in [7, 11) is 0. The number of fused-ring (bicyclic) bond motifs is 1. The first kappa shape index (κ1) is 15.7. The fraction of sp³-hybridized carbons (Fsp3) is 0.300. The van der Waals surface area contributed by atoms with E-state index in [-0.39, 0.29) is 24.3 Å². The summed E-state index contributed by atoms with van der Waals surface area (Å²) in [5.41, 5.74) is 1.94. The van der Waals surface area contributed by atoms with Gasteiger partial charge < -0.3 is 14.5 Å². The lowest BCUT2D eigenvalue weighted by Gasteiger charge is -2.30. The van der Waals surface area contributed by atoms with E-state index in [1.165, 1.54) is 0 Å². The Bertz CT molecular complexity index is 791. The molecule has 2 aliphatic heterocycles. The van der Waals surface area contributed by atoms with Crippen molar-refractivity contribution in [3.8, 4) is 5.75 Å². The fourth-order valence-corrected chi connectivity index (χ4v) is 3.55. The first-order valence-electron chi connectivity index (χ1n) is 8.57. The highest BCUT2D eigenvalue weighted by Crippen LogP contribution is 2.32. The van der Waals surface area contributed by atoms with Crippen LogP contribution in [-0.4, -0.2) is 43.0 Å². The summed E-state index contributed by atoms with van der Waals surface area (Å²) in [4.78, 5) is 28.5. The Balaban J connectivity index is 1.46. The lowest BCUT2D eigenvalue weighted by Crippen LogP contribution is -2.44. The summed E-state index contributed by atoms with van der Waals surface area (Å²) >= 11 is 0. The lowest BCUT2D eigenvalue weighted by atomic mass is 9.99. The Morgan fingerprint density at radius 3 is 2.68 bits per heavy atom. The Hall–Kier alpha value is -2.82. The second kappa shape index (κ2) is 6.59. The van der Waals surface area contributed by atoms with Gasteiger partial charge in [0.05, 0.1) is 12.2 Å². The van der Waals surface area contributed by atoms with Gasteiger partial charge in [-0.05, 0) is 17.7 Å². The zero-order valence-electron chi connectivity index (χ0n) is 13.9. The molecule has 0 aliphatic carbocycles. The maximum absolute atomic E-state index is 12.8. The van der Waals surface area contributed by atoms with Crippen LogP contribution >= 0.6 is 0 Å². The van der Waals surface area contributed by atoms with Crippen molar-refractivity contribution in [1.82, 2.24) is 4.90 Å². The summed E-state index contributed by atoms with van der Waals surface area (Å²) in [6.45, 7) is 1.71. The Morgan fingerprint density at radius 1 is 1.08 bits per heavy atom. The number of hydrogen-bond acceptors (Lipinski definition) is 3. The smallest absolute Gasteiger partial charge is 0.246 e. The molecule has 2 amide bonds. The maximum Gasteiger partial charge on any atom is 0.246 e.